The average molecular weight is 353 g/mol. The molecule has 21 heavy (non-hydrogen) atoms. The van der Waals surface area contributed by atoms with Gasteiger partial charge in [-0.3, -0.25) is 0 Å². The lowest BCUT2D eigenvalue weighted by molar-refractivity contribution is 0.526. The van der Waals surface area contributed by atoms with Crippen LogP contribution in [-0.2, 0) is 0 Å². The quantitative estimate of drug-likeness (QED) is 0.270. The number of alkyl halides is 1. The van der Waals surface area contributed by atoms with Crippen LogP contribution in [0.4, 0.5) is 0 Å². The van der Waals surface area contributed by atoms with Gasteiger partial charge in [0.15, 0.2) is 0 Å². The third-order valence-electron chi connectivity index (χ3n) is 4.40. The summed E-state index contributed by atoms with van der Waals surface area (Å²) in [5.74, 6) is 0.663. The maximum Gasteiger partial charge on any atom is 0.0186 e. The summed E-state index contributed by atoms with van der Waals surface area (Å²) in [7, 11) is 0. The van der Waals surface area contributed by atoms with Crippen LogP contribution in [0.2, 0.25) is 0 Å². The van der Waals surface area contributed by atoms with Gasteiger partial charge in [-0.1, -0.05) is 118 Å². The van der Waals surface area contributed by atoms with Gasteiger partial charge < -0.3 is 0 Å². The highest BCUT2D eigenvalue weighted by molar-refractivity contribution is 9.09. The predicted molar refractivity (Wildman–Crippen MR) is 99.4 cm³/mol. The Kier molecular flexibility index (Phi) is 10.9. The number of rotatable bonds is 12. The molecule has 1 rings (SSSR count). The minimum atomic E-state index is 0.564. The predicted octanol–water partition coefficient (Wildman–Crippen LogP) is 7.47. The van der Waals surface area contributed by atoms with Crippen LogP contribution in [0.15, 0.2) is 30.3 Å². The highest BCUT2D eigenvalue weighted by Gasteiger charge is 2.16. The zero-order chi connectivity index (χ0) is 15.3. The Bertz CT molecular complexity index is 331. The first-order valence-corrected chi connectivity index (χ1v) is 9.86. The molecular formula is C20H33Br. The van der Waals surface area contributed by atoms with E-state index >= 15 is 0 Å². The molecule has 2 atom stereocenters. The van der Waals surface area contributed by atoms with Crippen molar-refractivity contribution >= 4 is 15.9 Å². The smallest absolute Gasteiger partial charge is 0.0186 e. The summed E-state index contributed by atoms with van der Waals surface area (Å²) >= 11 is 3.80. The van der Waals surface area contributed by atoms with Crippen molar-refractivity contribution in [2.45, 2.75) is 88.8 Å². The highest BCUT2D eigenvalue weighted by atomic mass is 79.9. The van der Waals surface area contributed by atoms with Gasteiger partial charge >= 0.3 is 0 Å². The van der Waals surface area contributed by atoms with E-state index < -0.39 is 0 Å². The molecule has 0 amide bonds. The summed E-state index contributed by atoms with van der Waals surface area (Å²) in [5.41, 5.74) is 1.49. The van der Waals surface area contributed by atoms with Gasteiger partial charge in [0.25, 0.3) is 0 Å². The van der Waals surface area contributed by atoms with E-state index in [1.165, 1.54) is 69.8 Å². The van der Waals surface area contributed by atoms with Crippen LogP contribution in [0.25, 0.3) is 0 Å². The van der Waals surface area contributed by atoms with E-state index in [-0.39, 0.29) is 0 Å². The van der Waals surface area contributed by atoms with Crippen LogP contribution in [0.1, 0.15) is 89.5 Å². The third kappa shape index (κ3) is 8.66. The van der Waals surface area contributed by atoms with Gasteiger partial charge in [-0.2, -0.15) is 0 Å². The van der Waals surface area contributed by atoms with Gasteiger partial charge in [-0.15, -0.1) is 0 Å². The molecule has 0 aliphatic heterocycles. The van der Waals surface area contributed by atoms with Crippen LogP contribution >= 0.6 is 15.9 Å². The van der Waals surface area contributed by atoms with Crippen molar-refractivity contribution in [2.24, 2.45) is 0 Å². The maximum atomic E-state index is 3.80. The second kappa shape index (κ2) is 12.3. The highest BCUT2D eigenvalue weighted by Crippen LogP contribution is 2.30. The van der Waals surface area contributed by atoms with Crippen molar-refractivity contribution in [1.82, 2.24) is 0 Å². The standard InChI is InChI=1S/C20H33Br/c1-3-4-5-6-7-8-9-10-14-17-20(18(2)21)19-15-12-11-13-16-19/h11-13,15-16,18,20H,3-10,14,17H2,1-2H3. The molecular weight excluding hydrogens is 320 g/mol. The molecule has 1 heteroatoms. The normalized spacial score (nSPS) is 14.0. The molecule has 0 nitrogen and oxygen atoms in total. The van der Waals surface area contributed by atoms with Crippen LogP contribution in [0, 0.1) is 0 Å². The Hall–Kier alpha value is -0.300. The Morgan fingerprint density at radius 1 is 0.810 bits per heavy atom. The van der Waals surface area contributed by atoms with Crippen molar-refractivity contribution in [3.8, 4) is 0 Å². The number of unbranched alkanes of at least 4 members (excludes halogenated alkanes) is 8. The third-order valence-corrected chi connectivity index (χ3v) is 5.04. The molecule has 0 N–H and O–H groups in total. The molecule has 0 heterocycles. The molecule has 0 fully saturated rings. The largest absolute Gasteiger partial charge is 0.0887 e. The van der Waals surface area contributed by atoms with Crippen LogP contribution < -0.4 is 0 Å². The number of hydrogen-bond acceptors (Lipinski definition) is 0. The number of benzene rings is 1. The molecule has 1 aromatic carbocycles. The van der Waals surface area contributed by atoms with Crippen LogP contribution in [0.5, 0.6) is 0 Å². The van der Waals surface area contributed by atoms with E-state index in [0.717, 1.165) is 0 Å². The average Bonchev–Trinajstić information content (AvgIpc) is 2.50. The first-order chi connectivity index (χ1) is 10.3. The van der Waals surface area contributed by atoms with Crippen molar-refractivity contribution in [3.05, 3.63) is 35.9 Å². The lowest BCUT2D eigenvalue weighted by Gasteiger charge is -2.20. The van der Waals surface area contributed by atoms with E-state index in [9.17, 15) is 0 Å². The molecule has 0 saturated heterocycles. The summed E-state index contributed by atoms with van der Waals surface area (Å²) in [4.78, 5) is 0.564. The van der Waals surface area contributed by atoms with Crippen molar-refractivity contribution in [1.29, 1.82) is 0 Å². The van der Waals surface area contributed by atoms with Gasteiger partial charge in [-0.25, -0.2) is 0 Å². The second-order valence-corrected chi connectivity index (χ2v) is 7.76. The molecule has 0 aromatic heterocycles. The van der Waals surface area contributed by atoms with E-state index in [1.54, 1.807) is 0 Å². The Labute approximate surface area is 140 Å². The molecule has 0 radical (unpaired) electrons. The Balaban J connectivity index is 2.12. The summed E-state index contributed by atoms with van der Waals surface area (Å²) < 4.78 is 0. The fourth-order valence-corrected chi connectivity index (χ4v) is 3.61. The molecule has 0 bridgehead atoms. The fraction of sp³-hybridized carbons (Fsp3) is 0.700. The first-order valence-electron chi connectivity index (χ1n) is 8.94. The SMILES string of the molecule is CCCCCCCCCCCC(c1ccccc1)C(C)Br. The first kappa shape index (κ1) is 18.7. The molecule has 0 saturated carbocycles. The Morgan fingerprint density at radius 3 is 1.86 bits per heavy atom. The number of halogens is 1. The summed E-state index contributed by atoms with van der Waals surface area (Å²) in [5, 5.41) is 0. The molecule has 0 spiro atoms. The van der Waals surface area contributed by atoms with Gasteiger partial charge in [0.05, 0.1) is 0 Å². The topological polar surface area (TPSA) is 0 Å². The van der Waals surface area contributed by atoms with Crippen molar-refractivity contribution in [3.63, 3.8) is 0 Å². The van der Waals surface area contributed by atoms with Crippen LogP contribution in [-0.4, -0.2) is 4.83 Å². The molecule has 2 unspecified atom stereocenters. The van der Waals surface area contributed by atoms with E-state index in [2.05, 4.69) is 60.1 Å². The lowest BCUT2D eigenvalue weighted by Crippen LogP contribution is -2.08. The minimum Gasteiger partial charge on any atom is -0.0887 e. The van der Waals surface area contributed by atoms with Crippen LogP contribution in [0.3, 0.4) is 0 Å². The number of hydrogen-bond donors (Lipinski definition) is 0. The molecule has 0 aliphatic rings. The van der Waals surface area contributed by atoms with Gasteiger partial charge in [0.2, 0.25) is 0 Å². The van der Waals surface area contributed by atoms with Crippen molar-refractivity contribution < 1.29 is 0 Å². The molecule has 0 aliphatic carbocycles. The van der Waals surface area contributed by atoms with Gasteiger partial charge in [0, 0.05) is 4.83 Å². The van der Waals surface area contributed by atoms with E-state index in [0.29, 0.717) is 10.7 Å². The summed E-state index contributed by atoms with van der Waals surface area (Å²) in [6.45, 7) is 4.57. The monoisotopic (exact) mass is 352 g/mol. The summed E-state index contributed by atoms with van der Waals surface area (Å²) in [6.07, 6.45) is 14.0. The zero-order valence-electron chi connectivity index (χ0n) is 14.0. The second-order valence-electron chi connectivity index (χ2n) is 6.31. The molecule has 120 valence electrons. The lowest BCUT2D eigenvalue weighted by atomic mass is 9.90. The summed E-state index contributed by atoms with van der Waals surface area (Å²) in [6, 6.07) is 11.0. The van der Waals surface area contributed by atoms with E-state index in [1.807, 2.05) is 0 Å². The Morgan fingerprint density at radius 2 is 1.33 bits per heavy atom. The zero-order valence-corrected chi connectivity index (χ0v) is 15.6. The minimum absolute atomic E-state index is 0.564. The maximum absolute atomic E-state index is 3.80. The van der Waals surface area contributed by atoms with Crippen molar-refractivity contribution in [2.75, 3.05) is 0 Å². The molecule has 1 aromatic rings. The van der Waals surface area contributed by atoms with E-state index in [4.69, 9.17) is 0 Å². The fourth-order valence-electron chi connectivity index (χ4n) is 3.04. The van der Waals surface area contributed by atoms with Gasteiger partial charge in [0.1, 0.15) is 0 Å². The van der Waals surface area contributed by atoms with Gasteiger partial charge in [-0.05, 0) is 17.9 Å².